The summed E-state index contributed by atoms with van der Waals surface area (Å²) in [6.45, 7) is 4.69. The van der Waals surface area contributed by atoms with Crippen LogP contribution in [0.3, 0.4) is 0 Å². The topological polar surface area (TPSA) is 43.9 Å². The molecule has 8 aromatic rings. The van der Waals surface area contributed by atoms with E-state index in [9.17, 15) is 0 Å². The molecule has 0 radical (unpaired) electrons. The van der Waals surface area contributed by atoms with E-state index in [0.717, 1.165) is 33.3 Å². The Morgan fingerprint density at radius 1 is 0.634 bits per heavy atom. The lowest BCUT2D eigenvalue weighted by Crippen LogP contribution is -2.16. The van der Waals surface area contributed by atoms with Gasteiger partial charge in [-0.25, -0.2) is 4.98 Å². The molecule has 0 spiro atoms. The molecule has 194 valence electrons. The predicted molar refractivity (Wildman–Crippen MR) is 167 cm³/mol. The van der Waals surface area contributed by atoms with Gasteiger partial charge in [0.1, 0.15) is 5.58 Å². The molecule has 0 amide bonds. The number of hydrogen-bond donors (Lipinski definition) is 0. The number of benzene rings is 5. The Labute approximate surface area is 236 Å². The molecule has 4 heteroatoms. The number of hydrogen-bond acceptors (Lipinski definition) is 3. The Bertz CT molecular complexity index is 2340. The first-order chi connectivity index (χ1) is 20.1. The summed E-state index contributed by atoms with van der Waals surface area (Å²) in [7, 11) is 0. The third kappa shape index (κ3) is 2.94. The van der Waals surface area contributed by atoms with Crippen molar-refractivity contribution in [1.29, 1.82) is 0 Å². The van der Waals surface area contributed by atoms with Crippen LogP contribution in [-0.4, -0.2) is 14.5 Å². The number of furan rings is 1. The first-order valence-electron chi connectivity index (χ1n) is 14.0. The van der Waals surface area contributed by atoms with Crippen LogP contribution in [0.2, 0.25) is 0 Å². The van der Waals surface area contributed by atoms with Gasteiger partial charge in [-0.2, -0.15) is 4.98 Å². The quantitative estimate of drug-likeness (QED) is 0.225. The molecule has 5 aromatic carbocycles. The summed E-state index contributed by atoms with van der Waals surface area (Å²) in [5.74, 6) is 1.48. The van der Waals surface area contributed by atoms with Crippen molar-refractivity contribution in [3.63, 3.8) is 0 Å². The van der Waals surface area contributed by atoms with Gasteiger partial charge in [-0.1, -0.05) is 117 Å². The Morgan fingerprint density at radius 2 is 1.37 bits per heavy atom. The summed E-state index contributed by atoms with van der Waals surface area (Å²) in [5, 5.41) is 4.37. The maximum atomic E-state index is 6.40. The average Bonchev–Trinajstić information content (AvgIpc) is 3.63. The van der Waals surface area contributed by atoms with Gasteiger partial charge in [-0.3, -0.25) is 4.57 Å². The standard InChI is InChI=1S/C37H25N3O/c1-37(2)28-17-9-6-14-23(28)25-20-21-26-24-15-7-10-18-29(24)40(33(26)32(25)37)35-31-27-16-8-11-19-30(27)41-36(31)39-34(38-35)22-12-4-3-5-13-22/h3-21H,1-2H3. The summed E-state index contributed by atoms with van der Waals surface area (Å²) in [5.41, 5.74) is 9.74. The molecule has 0 aliphatic heterocycles. The molecule has 41 heavy (non-hydrogen) atoms. The van der Waals surface area contributed by atoms with E-state index in [0.29, 0.717) is 11.5 Å². The summed E-state index contributed by atoms with van der Waals surface area (Å²) in [6.07, 6.45) is 0. The van der Waals surface area contributed by atoms with E-state index in [-0.39, 0.29) is 5.41 Å². The van der Waals surface area contributed by atoms with E-state index in [1.807, 2.05) is 30.3 Å². The van der Waals surface area contributed by atoms with Crippen LogP contribution < -0.4 is 0 Å². The summed E-state index contributed by atoms with van der Waals surface area (Å²) < 4.78 is 8.77. The average molecular weight is 528 g/mol. The lowest BCUT2D eigenvalue weighted by atomic mass is 9.81. The minimum absolute atomic E-state index is 0.190. The second kappa shape index (κ2) is 7.92. The SMILES string of the molecule is CC1(C)c2ccccc2-c2ccc3c4ccccc4n(-c4nc(-c5ccccc5)nc5oc6ccccc6c45)c3c21. The van der Waals surface area contributed by atoms with Crippen molar-refractivity contribution in [2.24, 2.45) is 0 Å². The fourth-order valence-corrected chi connectivity index (χ4v) is 7.02. The lowest BCUT2D eigenvalue weighted by molar-refractivity contribution is 0.653. The van der Waals surface area contributed by atoms with E-state index in [1.54, 1.807) is 0 Å². The summed E-state index contributed by atoms with van der Waals surface area (Å²) >= 11 is 0. The van der Waals surface area contributed by atoms with E-state index >= 15 is 0 Å². The van der Waals surface area contributed by atoms with Crippen LogP contribution >= 0.6 is 0 Å². The highest BCUT2D eigenvalue weighted by atomic mass is 16.3. The van der Waals surface area contributed by atoms with Crippen molar-refractivity contribution in [3.05, 3.63) is 126 Å². The number of aromatic nitrogens is 3. The summed E-state index contributed by atoms with van der Waals surface area (Å²) in [6, 6.07) is 40.4. The van der Waals surface area contributed by atoms with Gasteiger partial charge in [0.15, 0.2) is 11.6 Å². The Morgan fingerprint density at radius 3 is 2.24 bits per heavy atom. The molecule has 3 aromatic heterocycles. The van der Waals surface area contributed by atoms with Crippen LogP contribution in [0.5, 0.6) is 0 Å². The third-order valence-electron chi connectivity index (χ3n) is 8.82. The van der Waals surface area contributed by atoms with Crippen LogP contribution in [0.15, 0.2) is 120 Å². The third-order valence-corrected chi connectivity index (χ3v) is 8.82. The minimum atomic E-state index is -0.190. The number of fused-ring (bicyclic) bond motifs is 10. The normalized spacial score (nSPS) is 13.8. The second-order valence-electron chi connectivity index (χ2n) is 11.4. The fraction of sp³-hybridized carbons (Fsp3) is 0.0811. The highest BCUT2D eigenvalue weighted by Gasteiger charge is 2.38. The van der Waals surface area contributed by atoms with Crippen LogP contribution in [0.25, 0.3) is 72.2 Å². The zero-order valence-corrected chi connectivity index (χ0v) is 22.7. The Balaban J connectivity index is 1.51. The molecule has 0 unspecified atom stereocenters. The molecule has 1 aliphatic carbocycles. The molecule has 0 saturated carbocycles. The van der Waals surface area contributed by atoms with Crippen molar-refractivity contribution >= 4 is 43.9 Å². The Kier molecular flexibility index (Phi) is 4.36. The monoisotopic (exact) mass is 527 g/mol. The molecule has 0 saturated heterocycles. The first-order valence-corrected chi connectivity index (χ1v) is 14.0. The molecule has 9 rings (SSSR count). The van der Waals surface area contributed by atoms with Gasteiger partial charge in [0.2, 0.25) is 5.71 Å². The van der Waals surface area contributed by atoms with Crippen molar-refractivity contribution < 1.29 is 4.42 Å². The van der Waals surface area contributed by atoms with E-state index in [1.165, 1.54) is 38.5 Å². The van der Waals surface area contributed by atoms with Gasteiger partial charge in [-0.05, 0) is 34.4 Å². The zero-order chi connectivity index (χ0) is 27.3. The summed E-state index contributed by atoms with van der Waals surface area (Å²) in [4.78, 5) is 10.3. The molecule has 0 atom stereocenters. The van der Waals surface area contributed by atoms with Crippen LogP contribution in [-0.2, 0) is 5.41 Å². The van der Waals surface area contributed by atoms with Gasteiger partial charge in [0.25, 0.3) is 0 Å². The maximum absolute atomic E-state index is 6.40. The van der Waals surface area contributed by atoms with E-state index < -0.39 is 0 Å². The highest BCUT2D eigenvalue weighted by Crippen LogP contribution is 2.53. The van der Waals surface area contributed by atoms with Gasteiger partial charge in [0, 0.05) is 27.1 Å². The predicted octanol–water partition coefficient (Wildman–Crippen LogP) is 9.45. The highest BCUT2D eigenvalue weighted by molar-refractivity contribution is 6.15. The van der Waals surface area contributed by atoms with Gasteiger partial charge in [-0.15, -0.1) is 0 Å². The largest absolute Gasteiger partial charge is 0.437 e. The number of rotatable bonds is 2. The molecule has 0 fully saturated rings. The van der Waals surface area contributed by atoms with Gasteiger partial charge >= 0.3 is 0 Å². The van der Waals surface area contributed by atoms with E-state index in [4.69, 9.17) is 14.4 Å². The molecule has 4 nitrogen and oxygen atoms in total. The van der Waals surface area contributed by atoms with Crippen LogP contribution in [0, 0.1) is 0 Å². The van der Waals surface area contributed by atoms with Crippen LogP contribution in [0.1, 0.15) is 25.0 Å². The van der Waals surface area contributed by atoms with Crippen LogP contribution in [0.4, 0.5) is 0 Å². The molecule has 1 aliphatic rings. The van der Waals surface area contributed by atoms with E-state index in [2.05, 4.69) is 103 Å². The smallest absolute Gasteiger partial charge is 0.233 e. The van der Waals surface area contributed by atoms with Crippen molar-refractivity contribution in [3.8, 4) is 28.3 Å². The number of nitrogens with zero attached hydrogens (tertiary/aromatic N) is 3. The molecular weight excluding hydrogens is 502 g/mol. The van der Waals surface area contributed by atoms with Crippen molar-refractivity contribution in [2.45, 2.75) is 19.3 Å². The minimum Gasteiger partial charge on any atom is -0.437 e. The Hall–Kier alpha value is -5.22. The fourth-order valence-electron chi connectivity index (χ4n) is 7.02. The molecular formula is C37H25N3O. The number of para-hydroxylation sites is 2. The van der Waals surface area contributed by atoms with Crippen molar-refractivity contribution in [2.75, 3.05) is 0 Å². The molecule has 3 heterocycles. The lowest BCUT2D eigenvalue weighted by Gasteiger charge is -2.23. The van der Waals surface area contributed by atoms with Gasteiger partial charge in [0.05, 0.1) is 16.4 Å². The second-order valence-corrected chi connectivity index (χ2v) is 11.4. The maximum Gasteiger partial charge on any atom is 0.233 e. The molecule has 0 N–H and O–H groups in total. The van der Waals surface area contributed by atoms with Crippen molar-refractivity contribution in [1.82, 2.24) is 14.5 Å². The molecule has 0 bridgehead atoms. The van der Waals surface area contributed by atoms with Gasteiger partial charge < -0.3 is 4.42 Å². The first kappa shape index (κ1) is 22.6. The zero-order valence-electron chi connectivity index (χ0n) is 22.7.